The number of methoxy groups -OCH3 is 1. The van der Waals surface area contributed by atoms with Gasteiger partial charge in [0.25, 0.3) is 0 Å². The van der Waals surface area contributed by atoms with Crippen LogP contribution in [0.15, 0.2) is 0 Å². The number of amides is 1. The van der Waals surface area contributed by atoms with Gasteiger partial charge in [-0.05, 0) is 0 Å². The van der Waals surface area contributed by atoms with E-state index in [2.05, 4.69) is 5.32 Å². The van der Waals surface area contributed by atoms with E-state index in [9.17, 15) is 9.90 Å². The smallest absolute Gasteiger partial charge is 0.217 e. The lowest BCUT2D eigenvalue weighted by Gasteiger charge is -2.41. The second-order valence-electron chi connectivity index (χ2n) is 3.62. The first-order chi connectivity index (χ1) is 7.51. The molecule has 1 aliphatic heterocycles. The van der Waals surface area contributed by atoms with Crippen LogP contribution in [0.3, 0.4) is 0 Å². The van der Waals surface area contributed by atoms with Gasteiger partial charge in [-0.3, -0.25) is 4.79 Å². The Morgan fingerprint density at radius 2 is 2.25 bits per heavy atom. The van der Waals surface area contributed by atoms with Gasteiger partial charge in [0.2, 0.25) is 5.91 Å². The average Bonchev–Trinajstić information content (AvgIpc) is 2.24. The standard InChI is InChI=1S/C9H16ClNO5/c1-4(13)11-7-6(10)9(15-2)16-5(3-12)8(7)14/h5-9,12,14H,3H2,1-2H3,(H,11,13)/t5-,6-,7-,8-,9+/m1/s1. The molecule has 5 atom stereocenters. The maximum atomic E-state index is 11.0. The minimum absolute atomic E-state index is 0.317. The van der Waals surface area contributed by atoms with Crippen molar-refractivity contribution in [2.24, 2.45) is 0 Å². The van der Waals surface area contributed by atoms with Crippen molar-refractivity contribution in [1.29, 1.82) is 0 Å². The fourth-order valence-corrected chi connectivity index (χ4v) is 2.03. The number of carbonyl (C=O) groups is 1. The third kappa shape index (κ3) is 2.83. The Morgan fingerprint density at radius 1 is 1.62 bits per heavy atom. The van der Waals surface area contributed by atoms with Crippen LogP contribution in [0.2, 0.25) is 0 Å². The van der Waals surface area contributed by atoms with Crippen LogP contribution in [0.5, 0.6) is 0 Å². The lowest BCUT2D eigenvalue weighted by Crippen LogP contribution is -2.62. The van der Waals surface area contributed by atoms with Gasteiger partial charge >= 0.3 is 0 Å². The molecule has 0 aromatic carbocycles. The van der Waals surface area contributed by atoms with E-state index in [0.29, 0.717) is 0 Å². The van der Waals surface area contributed by atoms with Gasteiger partial charge in [-0.25, -0.2) is 0 Å². The summed E-state index contributed by atoms with van der Waals surface area (Å²) in [5, 5.41) is 20.6. The molecule has 94 valence electrons. The van der Waals surface area contributed by atoms with E-state index in [1.54, 1.807) is 0 Å². The Balaban J connectivity index is 2.79. The van der Waals surface area contributed by atoms with E-state index in [1.165, 1.54) is 14.0 Å². The highest BCUT2D eigenvalue weighted by atomic mass is 35.5. The zero-order chi connectivity index (χ0) is 12.3. The number of alkyl halides is 1. The summed E-state index contributed by atoms with van der Waals surface area (Å²) in [5.41, 5.74) is 0. The molecule has 7 heteroatoms. The Kier molecular flexibility index (Phi) is 4.94. The number of aliphatic hydroxyl groups excluding tert-OH is 2. The van der Waals surface area contributed by atoms with Crippen molar-refractivity contribution < 1.29 is 24.5 Å². The number of hydrogen-bond donors (Lipinski definition) is 3. The van der Waals surface area contributed by atoms with Crippen LogP contribution in [-0.2, 0) is 14.3 Å². The largest absolute Gasteiger partial charge is 0.394 e. The summed E-state index contributed by atoms with van der Waals surface area (Å²) in [5.74, 6) is -0.317. The van der Waals surface area contributed by atoms with E-state index in [-0.39, 0.29) is 12.5 Å². The van der Waals surface area contributed by atoms with Crippen LogP contribution < -0.4 is 5.32 Å². The Labute approximate surface area is 98.5 Å². The molecule has 1 fully saturated rings. The van der Waals surface area contributed by atoms with E-state index >= 15 is 0 Å². The second-order valence-corrected chi connectivity index (χ2v) is 4.13. The third-order valence-electron chi connectivity index (χ3n) is 2.44. The molecule has 0 bridgehead atoms. The number of rotatable bonds is 3. The molecular formula is C9H16ClNO5. The monoisotopic (exact) mass is 253 g/mol. The first-order valence-corrected chi connectivity index (χ1v) is 5.33. The molecular weight excluding hydrogens is 238 g/mol. The maximum Gasteiger partial charge on any atom is 0.217 e. The average molecular weight is 254 g/mol. The molecule has 16 heavy (non-hydrogen) atoms. The van der Waals surface area contributed by atoms with Crippen molar-refractivity contribution in [2.75, 3.05) is 13.7 Å². The summed E-state index contributed by atoms with van der Waals surface area (Å²) in [6.07, 6.45) is -2.67. The van der Waals surface area contributed by atoms with Gasteiger partial charge in [-0.2, -0.15) is 0 Å². The van der Waals surface area contributed by atoms with Crippen LogP contribution in [0.25, 0.3) is 0 Å². The van der Waals surface area contributed by atoms with Crippen LogP contribution in [0, 0.1) is 0 Å². The minimum atomic E-state index is -1.07. The van der Waals surface area contributed by atoms with Crippen LogP contribution in [-0.4, -0.2) is 59.8 Å². The molecule has 0 radical (unpaired) electrons. The van der Waals surface area contributed by atoms with Crippen molar-refractivity contribution in [3.63, 3.8) is 0 Å². The van der Waals surface area contributed by atoms with Gasteiger partial charge in [0, 0.05) is 14.0 Å². The van der Waals surface area contributed by atoms with Gasteiger partial charge in [0.05, 0.1) is 12.6 Å². The Morgan fingerprint density at radius 3 is 2.69 bits per heavy atom. The molecule has 0 saturated carbocycles. The Hall–Kier alpha value is -0.400. The van der Waals surface area contributed by atoms with Gasteiger partial charge in [0.1, 0.15) is 17.6 Å². The van der Waals surface area contributed by atoms with Crippen molar-refractivity contribution in [2.45, 2.75) is 36.8 Å². The molecule has 1 rings (SSSR count). The van der Waals surface area contributed by atoms with E-state index in [1.807, 2.05) is 0 Å². The lowest BCUT2D eigenvalue weighted by molar-refractivity contribution is -0.225. The van der Waals surface area contributed by atoms with Crippen LogP contribution in [0.4, 0.5) is 0 Å². The number of aliphatic hydroxyl groups is 2. The third-order valence-corrected chi connectivity index (χ3v) is 2.92. The minimum Gasteiger partial charge on any atom is -0.394 e. The van der Waals surface area contributed by atoms with E-state index in [0.717, 1.165) is 0 Å². The highest BCUT2D eigenvalue weighted by Crippen LogP contribution is 2.25. The summed E-state index contributed by atoms with van der Waals surface area (Å²) in [4.78, 5) is 11.0. The molecule has 1 aliphatic rings. The van der Waals surface area contributed by atoms with Crippen molar-refractivity contribution in [3.05, 3.63) is 0 Å². The topological polar surface area (TPSA) is 88.0 Å². The zero-order valence-electron chi connectivity index (χ0n) is 9.09. The normalized spacial score (nSPS) is 39.4. The summed E-state index contributed by atoms with van der Waals surface area (Å²) in [6, 6.07) is -0.713. The molecule has 0 spiro atoms. The number of ether oxygens (including phenoxy) is 2. The molecule has 0 aromatic heterocycles. The van der Waals surface area contributed by atoms with Crippen molar-refractivity contribution in [3.8, 4) is 0 Å². The van der Waals surface area contributed by atoms with Gasteiger partial charge < -0.3 is 25.0 Å². The number of nitrogens with one attached hydrogen (secondary N) is 1. The molecule has 0 unspecified atom stereocenters. The van der Waals surface area contributed by atoms with Crippen LogP contribution in [0.1, 0.15) is 6.92 Å². The number of carbonyl (C=O) groups excluding carboxylic acids is 1. The quantitative estimate of drug-likeness (QED) is 0.552. The molecule has 1 saturated heterocycles. The molecule has 0 aromatic rings. The SMILES string of the molecule is CO[C@H]1O[C@H](CO)[C@@H](O)[C@H](NC(C)=O)[C@H]1Cl. The highest BCUT2D eigenvalue weighted by Gasteiger charge is 2.44. The molecule has 6 nitrogen and oxygen atoms in total. The molecule has 1 amide bonds. The van der Waals surface area contributed by atoms with Gasteiger partial charge in [0.15, 0.2) is 6.29 Å². The number of halogens is 1. The predicted molar refractivity (Wildman–Crippen MR) is 56.0 cm³/mol. The molecule has 3 N–H and O–H groups in total. The first-order valence-electron chi connectivity index (χ1n) is 4.89. The highest BCUT2D eigenvalue weighted by molar-refractivity contribution is 6.21. The van der Waals surface area contributed by atoms with Crippen LogP contribution >= 0.6 is 11.6 Å². The first kappa shape index (κ1) is 13.7. The molecule has 1 heterocycles. The van der Waals surface area contributed by atoms with Crippen molar-refractivity contribution >= 4 is 17.5 Å². The van der Waals surface area contributed by atoms with E-state index in [4.69, 9.17) is 26.2 Å². The summed E-state index contributed by atoms with van der Waals surface area (Å²) in [6.45, 7) is 0.947. The fourth-order valence-electron chi connectivity index (χ4n) is 1.65. The van der Waals surface area contributed by atoms with E-state index < -0.39 is 29.9 Å². The second kappa shape index (κ2) is 5.79. The lowest BCUT2D eigenvalue weighted by atomic mass is 9.98. The van der Waals surface area contributed by atoms with Gasteiger partial charge in [-0.15, -0.1) is 11.6 Å². The molecule has 0 aliphatic carbocycles. The Bertz CT molecular complexity index is 236. The summed E-state index contributed by atoms with van der Waals surface area (Å²) >= 11 is 6.00. The predicted octanol–water partition coefficient (Wildman–Crippen LogP) is -1.18. The fraction of sp³-hybridized carbons (Fsp3) is 0.889. The van der Waals surface area contributed by atoms with Gasteiger partial charge in [-0.1, -0.05) is 0 Å². The summed E-state index contributed by atoms with van der Waals surface area (Å²) in [7, 11) is 1.40. The zero-order valence-corrected chi connectivity index (χ0v) is 9.85. The summed E-state index contributed by atoms with van der Waals surface area (Å²) < 4.78 is 10.2. The maximum absolute atomic E-state index is 11.0. The van der Waals surface area contributed by atoms with Crippen molar-refractivity contribution in [1.82, 2.24) is 5.32 Å². The number of hydrogen-bond acceptors (Lipinski definition) is 5.